The highest BCUT2D eigenvalue weighted by Gasteiger charge is 2.28. The van der Waals surface area contributed by atoms with E-state index in [1.54, 1.807) is 0 Å². The first kappa shape index (κ1) is 20.0. The van der Waals surface area contributed by atoms with E-state index in [2.05, 4.69) is 57.7 Å². The molecule has 0 radical (unpaired) electrons. The molecule has 0 spiro atoms. The zero-order chi connectivity index (χ0) is 22.7. The van der Waals surface area contributed by atoms with Gasteiger partial charge in [0.2, 0.25) is 0 Å². The molecule has 9 heteroatoms. The summed E-state index contributed by atoms with van der Waals surface area (Å²) in [7, 11) is 1.94. The van der Waals surface area contributed by atoms with Crippen molar-refractivity contribution in [2.24, 2.45) is 7.05 Å². The molecule has 1 N–H and O–H groups in total. The molecular weight excluding hydrogens is 432 g/mol. The van der Waals surface area contributed by atoms with Crippen molar-refractivity contribution < 1.29 is 0 Å². The summed E-state index contributed by atoms with van der Waals surface area (Å²) in [5.41, 5.74) is 7.20. The van der Waals surface area contributed by atoms with E-state index in [0.717, 1.165) is 39.5 Å². The second-order valence-corrected chi connectivity index (χ2v) is 9.24. The SMILES string of the molecule is Cc1cccc(Cn2cc(-n3c(-c4cc(C5CC5)nc5c4c(C)nn5C)n[nH]c3=S)cn2)c1. The molecular formula is C24H24N8S. The lowest BCUT2D eigenvalue weighted by atomic mass is 10.1. The van der Waals surface area contributed by atoms with Gasteiger partial charge < -0.3 is 0 Å². The maximum absolute atomic E-state index is 5.64. The van der Waals surface area contributed by atoms with Gasteiger partial charge in [-0.05, 0) is 50.5 Å². The van der Waals surface area contributed by atoms with E-state index in [1.807, 2.05) is 40.3 Å². The fraction of sp³-hybridized carbons (Fsp3) is 0.292. The Balaban J connectivity index is 1.47. The lowest BCUT2D eigenvalue weighted by molar-refractivity contribution is 0.686. The number of pyridine rings is 1. The van der Waals surface area contributed by atoms with E-state index in [4.69, 9.17) is 17.2 Å². The van der Waals surface area contributed by atoms with Crippen LogP contribution in [0, 0.1) is 18.6 Å². The first-order valence-corrected chi connectivity index (χ1v) is 11.5. The summed E-state index contributed by atoms with van der Waals surface area (Å²) in [4.78, 5) is 4.92. The van der Waals surface area contributed by atoms with Gasteiger partial charge in [0.05, 0.1) is 29.5 Å². The molecule has 1 fully saturated rings. The van der Waals surface area contributed by atoms with Crippen molar-refractivity contribution >= 4 is 23.3 Å². The van der Waals surface area contributed by atoms with Crippen LogP contribution >= 0.6 is 12.2 Å². The van der Waals surface area contributed by atoms with Crippen LogP contribution in [0.5, 0.6) is 0 Å². The first-order chi connectivity index (χ1) is 16.0. The minimum Gasteiger partial charge on any atom is -0.266 e. The number of benzene rings is 1. The van der Waals surface area contributed by atoms with Crippen LogP contribution in [0.4, 0.5) is 0 Å². The molecule has 0 saturated heterocycles. The fourth-order valence-electron chi connectivity index (χ4n) is 4.50. The summed E-state index contributed by atoms with van der Waals surface area (Å²) in [5, 5.41) is 17.8. The van der Waals surface area contributed by atoms with Gasteiger partial charge in [-0.3, -0.25) is 19.0 Å². The number of rotatable bonds is 5. The summed E-state index contributed by atoms with van der Waals surface area (Å²) in [6.45, 7) is 4.80. The third-order valence-electron chi connectivity index (χ3n) is 6.20. The molecule has 33 heavy (non-hydrogen) atoms. The van der Waals surface area contributed by atoms with Crippen LogP contribution in [0.25, 0.3) is 28.1 Å². The van der Waals surface area contributed by atoms with Crippen LogP contribution < -0.4 is 0 Å². The van der Waals surface area contributed by atoms with E-state index in [9.17, 15) is 0 Å². The van der Waals surface area contributed by atoms with Crippen LogP contribution in [0.15, 0.2) is 42.7 Å². The van der Waals surface area contributed by atoms with Crippen LogP contribution in [0.2, 0.25) is 0 Å². The highest BCUT2D eigenvalue weighted by molar-refractivity contribution is 7.71. The van der Waals surface area contributed by atoms with E-state index in [0.29, 0.717) is 17.2 Å². The molecule has 0 bridgehead atoms. The van der Waals surface area contributed by atoms with Gasteiger partial charge in [-0.25, -0.2) is 4.98 Å². The van der Waals surface area contributed by atoms with Gasteiger partial charge in [0.25, 0.3) is 0 Å². The Hall–Kier alpha value is -3.59. The van der Waals surface area contributed by atoms with E-state index >= 15 is 0 Å². The number of hydrogen-bond donors (Lipinski definition) is 1. The number of hydrogen-bond acceptors (Lipinski definition) is 5. The van der Waals surface area contributed by atoms with Crippen LogP contribution in [0.3, 0.4) is 0 Å². The molecule has 0 amide bonds. The van der Waals surface area contributed by atoms with E-state index in [-0.39, 0.29) is 0 Å². The monoisotopic (exact) mass is 456 g/mol. The molecule has 5 aromatic rings. The number of H-pyrrole nitrogens is 1. The zero-order valence-corrected chi connectivity index (χ0v) is 19.6. The lowest BCUT2D eigenvalue weighted by Crippen LogP contribution is -2.01. The maximum Gasteiger partial charge on any atom is 0.200 e. The predicted molar refractivity (Wildman–Crippen MR) is 129 cm³/mol. The number of aromatic nitrogens is 8. The predicted octanol–water partition coefficient (Wildman–Crippen LogP) is 4.62. The highest BCUT2D eigenvalue weighted by Crippen LogP contribution is 2.42. The van der Waals surface area contributed by atoms with Gasteiger partial charge in [-0.1, -0.05) is 29.8 Å². The topological polar surface area (TPSA) is 82.1 Å². The van der Waals surface area contributed by atoms with Gasteiger partial charge in [-0.15, -0.1) is 0 Å². The minimum atomic E-state index is 0.510. The largest absolute Gasteiger partial charge is 0.266 e. The Morgan fingerprint density at radius 3 is 2.82 bits per heavy atom. The molecule has 1 aromatic carbocycles. The molecule has 1 aliphatic carbocycles. The minimum absolute atomic E-state index is 0.510. The number of aryl methyl sites for hydroxylation is 3. The van der Waals surface area contributed by atoms with Gasteiger partial charge >= 0.3 is 0 Å². The Bertz CT molecular complexity index is 1560. The number of nitrogens with one attached hydrogen (secondary N) is 1. The highest BCUT2D eigenvalue weighted by atomic mass is 32.1. The quantitative estimate of drug-likeness (QED) is 0.390. The number of fused-ring (bicyclic) bond motifs is 1. The van der Waals surface area contributed by atoms with Crippen molar-refractivity contribution in [2.45, 2.75) is 39.2 Å². The van der Waals surface area contributed by atoms with Crippen molar-refractivity contribution in [1.82, 2.24) is 39.3 Å². The first-order valence-electron chi connectivity index (χ1n) is 11.1. The lowest BCUT2D eigenvalue weighted by Gasteiger charge is -2.09. The molecule has 0 unspecified atom stereocenters. The summed E-state index contributed by atoms with van der Waals surface area (Å²) in [6, 6.07) is 10.6. The number of aromatic amines is 1. The van der Waals surface area contributed by atoms with Crippen molar-refractivity contribution in [3.8, 4) is 17.1 Å². The van der Waals surface area contributed by atoms with E-state index < -0.39 is 0 Å². The molecule has 0 aliphatic heterocycles. The zero-order valence-electron chi connectivity index (χ0n) is 18.8. The average Bonchev–Trinajstić information content (AvgIpc) is 3.33. The van der Waals surface area contributed by atoms with Crippen molar-refractivity contribution in [2.75, 3.05) is 0 Å². The maximum atomic E-state index is 5.64. The van der Waals surface area contributed by atoms with E-state index in [1.165, 1.54) is 24.0 Å². The third kappa shape index (κ3) is 3.48. The van der Waals surface area contributed by atoms with Gasteiger partial charge in [-0.2, -0.15) is 15.3 Å². The summed E-state index contributed by atoms with van der Waals surface area (Å²) in [5.74, 6) is 1.26. The molecule has 1 aliphatic rings. The van der Waals surface area contributed by atoms with Crippen LogP contribution in [-0.4, -0.2) is 39.3 Å². The molecule has 4 aromatic heterocycles. The summed E-state index contributed by atoms with van der Waals surface area (Å²) < 4.78 is 6.26. The van der Waals surface area contributed by atoms with Gasteiger partial charge in [0.15, 0.2) is 16.2 Å². The molecule has 6 rings (SSSR count). The Kier molecular flexibility index (Phi) is 4.55. The number of nitrogens with zero attached hydrogens (tertiary/aromatic N) is 7. The smallest absolute Gasteiger partial charge is 0.200 e. The normalized spacial score (nSPS) is 13.8. The summed E-state index contributed by atoms with van der Waals surface area (Å²) in [6.07, 6.45) is 6.19. The fourth-order valence-corrected chi connectivity index (χ4v) is 4.74. The van der Waals surface area contributed by atoms with Crippen molar-refractivity contribution in [1.29, 1.82) is 0 Å². The molecule has 8 nitrogen and oxygen atoms in total. The van der Waals surface area contributed by atoms with Gasteiger partial charge in [0, 0.05) is 30.4 Å². The Morgan fingerprint density at radius 1 is 1.18 bits per heavy atom. The van der Waals surface area contributed by atoms with Crippen LogP contribution in [-0.2, 0) is 13.6 Å². The standard InChI is InChI=1S/C24H24N8S/c1-14-5-4-6-16(9-14)12-31-13-18(11-25-31)32-22(27-28-24(32)33)19-10-20(17-7-8-17)26-23-21(19)15(2)29-30(23)3/h4-6,9-11,13,17H,7-8,12H2,1-3H3,(H,28,33). The summed E-state index contributed by atoms with van der Waals surface area (Å²) >= 11 is 5.64. The molecule has 166 valence electrons. The van der Waals surface area contributed by atoms with Crippen molar-refractivity contribution in [3.63, 3.8) is 0 Å². The molecule has 1 saturated carbocycles. The molecule has 0 atom stereocenters. The second-order valence-electron chi connectivity index (χ2n) is 8.85. The Labute approximate surface area is 195 Å². The molecule has 4 heterocycles. The van der Waals surface area contributed by atoms with Crippen molar-refractivity contribution in [3.05, 3.63) is 70.0 Å². The second kappa shape index (κ2) is 7.48. The van der Waals surface area contributed by atoms with Gasteiger partial charge in [0.1, 0.15) is 0 Å². The third-order valence-corrected chi connectivity index (χ3v) is 6.48. The van der Waals surface area contributed by atoms with Crippen LogP contribution in [0.1, 0.15) is 41.3 Å². The Morgan fingerprint density at radius 2 is 2.03 bits per heavy atom. The average molecular weight is 457 g/mol.